The van der Waals surface area contributed by atoms with E-state index in [-0.39, 0.29) is 0 Å². The Labute approximate surface area is 110 Å². The molecule has 0 aliphatic heterocycles. The fraction of sp³-hybridized carbons (Fsp3) is 1.00. The highest BCUT2D eigenvalue weighted by atomic mass is 14.9. The topological polar surface area (TPSA) is 12.0 Å². The minimum Gasteiger partial charge on any atom is -0.316 e. The van der Waals surface area contributed by atoms with E-state index in [0.29, 0.717) is 0 Å². The van der Waals surface area contributed by atoms with Crippen molar-refractivity contribution < 1.29 is 0 Å². The molecule has 0 amide bonds. The number of unbranched alkanes of at least 4 members (excludes halogenated alkanes) is 3. The Hall–Kier alpha value is -0.0400. The van der Waals surface area contributed by atoms with Crippen molar-refractivity contribution in [1.82, 2.24) is 5.32 Å². The van der Waals surface area contributed by atoms with Gasteiger partial charge in [0, 0.05) is 0 Å². The molecule has 0 aliphatic rings. The number of nitrogens with one attached hydrogen (secondary N) is 1. The van der Waals surface area contributed by atoms with Crippen LogP contribution in [-0.2, 0) is 0 Å². The molecule has 0 bridgehead atoms. The molecule has 0 heterocycles. The van der Waals surface area contributed by atoms with Gasteiger partial charge in [-0.1, -0.05) is 66.2 Å². The van der Waals surface area contributed by atoms with Crippen molar-refractivity contribution >= 4 is 0 Å². The van der Waals surface area contributed by atoms with Crippen molar-refractivity contribution in [3.63, 3.8) is 0 Å². The third kappa shape index (κ3) is 10.8. The smallest absolute Gasteiger partial charge is 0.00205 e. The maximum atomic E-state index is 3.67. The molecule has 0 aromatic rings. The van der Waals surface area contributed by atoms with E-state index in [1.165, 1.54) is 64.5 Å². The lowest BCUT2D eigenvalue weighted by atomic mass is 9.98. The second-order valence-corrected chi connectivity index (χ2v) is 5.68. The standard InChI is InChI=1S/C16H35N/c1-5-8-10-11-15(4)13-17-14-16(7-3)12-9-6-2/h15-17H,5-14H2,1-4H3. The minimum absolute atomic E-state index is 0.852. The minimum atomic E-state index is 0.852. The van der Waals surface area contributed by atoms with Crippen molar-refractivity contribution in [2.75, 3.05) is 13.1 Å². The van der Waals surface area contributed by atoms with Crippen LogP contribution in [0.2, 0.25) is 0 Å². The quantitative estimate of drug-likeness (QED) is 0.474. The summed E-state index contributed by atoms with van der Waals surface area (Å²) >= 11 is 0. The number of hydrogen-bond donors (Lipinski definition) is 1. The molecule has 0 aromatic carbocycles. The SMILES string of the molecule is CCCCCC(C)CNCC(CC)CCCC. The molecule has 1 heteroatoms. The summed E-state index contributed by atoms with van der Waals surface area (Å²) in [5, 5.41) is 3.67. The van der Waals surface area contributed by atoms with Crippen molar-refractivity contribution in [3.8, 4) is 0 Å². The van der Waals surface area contributed by atoms with Crippen molar-refractivity contribution in [2.45, 2.75) is 79.1 Å². The van der Waals surface area contributed by atoms with Crippen LogP contribution >= 0.6 is 0 Å². The number of hydrogen-bond acceptors (Lipinski definition) is 1. The van der Waals surface area contributed by atoms with Gasteiger partial charge in [0.1, 0.15) is 0 Å². The lowest BCUT2D eigenvalue weighted by Crippen LogP contribution is -2.27. The van der Waals surface area contributed by atoms with Crippen LogP contribution in [0.15, 0.2) is 0 Å². The molecule has 0 aromatic heterocycles. The molecule has 17 heavy (non-hydrogen) atoms. The normalized spacial score (nSPS) is 14.8. The lowest BCUT2D eigenvalue weighted by molar-refractivity contribution is 0.388. The van der Waals surface area contributed by atoms with Gasteiger partial charge in [-0.25, -0.2) is 0 Å². The molecule has 0 radical (unpaired) electrons. The average Bonchev–Trinajstić information content (AvgIpc) is 2.34. The van der Waals surface area contributed by atoms with Gasteiger partial charge in [-0.3, -0.25) is 0 Å². The fourth-order valence-corrected chi connectivity index (χ4v) is 2.32. The van der Waals surface area contributed by atoms with E-state index in [1.807, 2.05) is 0 Å². The molecule has 0 aliphatic carbocycles. The van der Waals surface area contributed by atoms with E-state index >= 15 is 0 Å². The first-order valence-corrected chi connectivity index (χ1v) is 7.95. The van der Waals surface area contributed by atoms with Gasteiger partial charge >= 0.3 is 0 Å². The van der Waals surface area contributed by atoms with Crippen molar-refractivity contribution in [1.29, 1.82) is 0 Å². The van der Waals surface area contributed by atoms with Gasteiger partial charge in [-0.2, -0.15) is 0 Å². The molecular weight excluding hydrogens is 206 g/mol. The largest absolute Gasteiger partial charge is 0.316 e. The van der Waals surface area contributed by atoms with E-state index in [1.54, 1.807) is 0 Å². The summed E-state index contributed by atoms with van der Waals surface area (Å²) in [7, 11) is 0. The number of rotatable bonds is 12. The Morgan fingerprint density at radius 3 is 2.12 bits per heavy atom. The van der Waals surface area contributed by atoms with Crippen LogP contribution in [-0.4, -0.2) is 13.1 Å². The van der Waals surface area contributed by atoms with Gasteiger partial charge in [-0.05, 0) is 37.8 Å². The van der Waals surface area contributed by atoms with E-state index in [4.69, 9.17) is 0 Å². The van der Waals surface area contributed by atoms with E-state index in [9.17, 15) is 0 Å². The second kappa shape index (κ2) is 12.4. The van der Waals surface area contributed by atoms with Crippen LogP contribution in [0.1, 0.15) is 79.1 Å². The lowest BCUT2D eigenvalue weighted by Gasteiger charge is -2.17. The van der Waals surface area contributed by atoms with Crippen LogP contribution in [0.4, 0.5) is 0 Å². The third-order valence-corrected chi connectivity index (χ3v) is 3.77. The Balaban J connectivity index is 3.45. The molecule has 0 saturated heterocycles. The molecule has 0 saturated carbocycles. The second-order valence-electron chi connectivity index (χ2n) is 5.68. The first-order valence-electron chi connectivity index (χ1n) is 7.95. The van der Waals surface area contributed by atoms with Gasteiger partial charge < -0.3 is 5.32 Å². The van der Waals surface area contributed by atoms with Gasteiger partial charge in [0.15, 0.2) is 0 Å². The Morgan fingerprint density at radius 2 is 1.53 bits per heavy atom. The molecule has 1 nitrogen and oxygen atoms in total. The van der Waals surface area contributed by atoms with Crippen molar-refractivity contribution in [2.24, 2.45) is 11.8 Å². The summed E-state index contributed by atoms with van der Waals surface area (Å²) in [6.45, 7) is 11.7. The van der Waals surface area contributed by atoms with Crippen LogP contribution in [0.25, 0.3) is 0 Å². The zero-order chi connectivity index (χ0) is 12.9. The highest BCUT2D eigenvalue weighted by Gasteiger charge is 2.06. The molecule has 2 unspecified atom stereocenters. The zero-order valence-corrected chi connectivity index (χ0v) is 12.7. The molecule has 0 rings (SSSR count). The monoisotopic (exact) mass is 241 g/mol. The van der Waals surface area contributed by atoms with Crippen molar-refractivity contribution in [3.05, 3.63) is 0 Å². The Bertz CT molecular complexity index is 144. The maximum absolute atomic E-state index is 3.67. The summed E-state index contributed by atoms with van der Waals surface area (Å²) < 4.78 is 0. The molecule has 2 atom stereocenters. The summed E-state index contributed by atoms with van der Waals surface area (Å²) in [4.78, 5) is 0. The van der Waals surface area contributed by atoms with Crippen LogP contribution in [0, 0.1) is 11.8 Å². The molecular formula is C16H35N. The predicted molar refractivity (Wildman–Crippen MR) is 79.5 cm³/mol. The third-order valence-electron chi connectivity index (χ3n) is 3.77. The van der Waals surface area contributed by atoms with Gasteiger partial charge in [-0.15, -0.1) is 0 Å². The van der Waals surface area contributed by atoms with E-state index in [0.717, 1.165) is 11.8 Å². The van der Waals surface area contributed by atoms with Gasteiger partial charge in [0.2, 0.25) is 0 Å². The summed E-state index contributed by atoms with van der Waals surface area (Å²) in [5.41, 5.74) is 0. The molecule has 0 fully saturated rings. The highest BCUT2D eigenvalue weighted by molar-refractivity contribution is 4.63. The predicted octanol–water partition coefficient (Wildman–Crippen LogP) is 5.01. The average molecular weight is 241 g/mol. The Kier molecular flexibility index (Phi) is 12.4. The summed E-state index contributed by atoms with van der Waals surface area (Å²) in [6, 6.07) is 0. The Morgan fingerprint density at radius 1 is 0.824 bits per heavy atom. The van der Waals surface area contributed by atoms with Crippen LogP contribution in [0.3, 0.4) is 0 Å². The van der Waals surface area contributed by atoms with Gasteiger partial charge in [0.05, 0.1) is 0 Å². The first-order chi connectivity index (χ1) is 8.24. The van der Waals surface area contributed by atoms with Crippen LogP contribution < -0.4 is 5.32 Å². The molecule has 0 spiro atoms. The fourth-order valence-electron chi connectivity index (χ4n) is 2.32. The van der Waals surface area contributed by atoms with Gasteiger partial charge in [0.25, 0.3) is 0 Å². The summed E-state index contributed by atoms with van der Waals surface area (Å²) in [6.07, 6.45) is 11.0. The van der Waals surface area contributed by atoms with E-state index < -0.39 is 0 Å². The van der Waals surface area contributed by atoms with Crippen LogP contribution in [0.5, 0.6) is 0 Å². The van der Waals surface area contributed by atoms with E-state index in [2.05, 4.69) is 33.0 Å². The highest BCUT2D eigenvalue weighted by Crippen LogP contribution is 2.12. The summed E-state index contributed by atoms with van der Waals surface area (Å²) in [5.74, 6) is 1.75. The molecule has 1 N–H and O–H groups in total. The first kappa shape index (κ1) is 17.0. The zero-order valence-electron chi connectivity index (χ0n) is 12.7. The maximum Gasteiger partial charge on any atom is -0.00205 e. The molecule has 104 valence electrons.